The SMILES string of the molecule is CCc1nc(OC)c2n1CCN([C@@H](C(=O)NC)c1ccccc1)C2CCc1ccc(C(F)(F)F)cc1. The second-order valence-corrected chi connectivity index (χ2v) is 8.84. The summed E-state index contributed by atoms with van der Waals surface area (Å²) in [6, 6.07) is 14.1. The number of carbonyl (C=O) groups is 1. The van der Waals surface area contributed by atoms with E-state index in [2.05, 4.69) is 14.8 Å². The molecule has 0 radical (unpaired) electrons. The molecule has 0 spiro atoms. The van der Waals surface area contributed by atoms with Crippen LogP contribution in [0.25, 0.3) is 0 Å². The van der Waals surface area contributed by atoms with Gasteiger partial charge in [-0.25, -0.2) is 0 Å². The first-order valence-electron chi connectivity index (χ1n) is 12.1. The molecular weight excluding hydrogens is 469 g/mol. The number of nitrogens with one attached hydrogen (secondary N) is 1. The van der Waals surface area contributed by atoms with Crippen LogP contribution < -0.4 is 10.1 Å². The fourth-order valence-corrected chi connectivity index (χ4v) is 5.05. The highest BCUT2D eigenvalue weighted by molar-refractivity contribution is 5.83. The predicted molar refractivity (Wildman–Crippen MR) is 131 cm³/mol. The zero-order chi connectivity index (χ0) is 25.9. The van der Waals surface area contributed by atoms with Crippen molar-refractivity contribution in [1.29, 1.82) is 0 Å². The summed E-state index contributed by atoms with van der Waals surface area (Å²) < 4.78 is 46.9. The summed E-state index contributed by atoms with van der Waals surface area (Å²) >= 11 is 0. The fourth-order valence-electron chi connectivity index (χ4n) is 5.05. The number of hydrogen-bond acceptors (Lipinski definition) is 4. The Labute approximate surface area is 209 Å². The maximum absolute atomic E-state index is 13.2. The number of hydrogen-bond donors (Lipinski definition) is 1. The molecule has 2 aromatic carbocycles. The number of imidazole rings is 1. The van der Waals surface area contributed by atoms with Gasteiger partial charge in [0.25, 0.3) is 0 Å². The van der Waals surface area contributed by atoms with Crippen molar-refractivity contribution in [3.05, 3.63) is 82.8 Å². The minimum absolute atomic E-state index is 0.122. The lowest BCUT2D eigenvalue weighted by Gasteiger charge is -2.41. The van der Waals surface area contributed by atoms with Crippen LogP contribution in [0.4, 0.5) is 13.2 Å². The van der Waals surface area contributed by atoms with Crippen LogP contribution >= 0.6 is 0 Å². The van der Waals surface area contributed by atoms with Gasteiger partial charge in [0.05, 0.1) is 24.4 Å². The van der Waals surface area contributed by atoms with Crippen molar-refractivity contribution in [1.82, 2.24) is 19.8 Å². The molecule has 1 aliphatic heterocycles. The van der Waals surface area contributed by atoms with Gasteiger partial charge in [-0.05, 0) is 36.1 Å². The largest absolute Gasteiger partial charge is 0.480 e. The zero-order valence-electron chi connectivity index (χ0n) is 20.7. The lowest BCUT2D eigenvalue weighted by Crippen LogP contribution is -2.46. The lowest BCUT2D eigenvalue weighted by atomic mass is 9.95. The van der Waals surface area contributed by atoms with Gasteiger partial charge in [0, 0.05) is 26.6 Å². The first-order chi connectivity index (χ1) is 17.3. The number of nitrogens with zero attached hydrogens (tertiary/aromatic N) is 3. The minimum atomic E-state index is -4.37. The number of amides is 1. The van der Waals surface area contributed by atoms with Crippen LogP contribution in [-0.2, 0) is 30.4 Å². The molecule has 192 valence electrons. The van der Waals surface area contributed by atoms with Crippen LogP contribution in [-0.4, -0.2) is 41.1 Å². The summed E-state index contributed by atoms with van der Waals surface area (Å²) in [7, 11) is 3.21. The summed E-state index contributed by atoms with van der Waals surface area (Å²) in [6.45, 7) is 3.31. The Balaban J connectivity index is 1.73. The van der Waals surface area contributed by atoms with E-state index in [1.807, 2.05) is 37.3 Å². The van der Waals surface area contributed by atoms with Crippen molar-refractivity contribution in [2.75, 3.05) is 20.7 Å². The van der Waals surface area contributed by atoms with E-state index >= 15 is 0 Å². The molecule has 1 N–H and O–H groups in total. The lowest BCUT2D eigenvalue weighted by molar-refractivity contribution is -0.137. The van der Waals surface area contributed by atoms with Gasteiger partial charge >= 0.3 is 6.18 Å². The van der Waals surface area contributed by atoms with Crippen LogP contribution in [0.1, 0.15) is 53.6 Å². The Morgan fingerprint density at radius 2 is 1.83 bits per heavy atom. The highest BCUT2D eigenvalue weighted by atomic mass is 19.4. The quantitative estimate of drug-likeness (QED) is 0.476. The third kappa shape index (κ3) is 5.11. The van der Waals surface area contributed by atoms with Crippen LogP contribution in [0.3, 0.4) is 0 Å². The van der Waals surface area contributed by atoms with E-state index in [-0.39, 0.29) is 11.9 Å². The molecule has 36 heavy (non-hydrogen) atoms. The Morgan fingerprint density at radius 3 is 2.42 bits per heavy atom. The summed E-state index contributed by atoms with van der Waals surface area (Å²) in [5.41, 5.74) is 1.91. The van der Waals surface area contributed by atoms with Crippen molar-refractivity contribution >= 4 is 5.91 Å². The Kier molecular flexibility index (Phi) is 7.68. The number of aromatic nitrogens is 2. The van der Waals surface area contributed by atoms with E-state index in [1.54, 1.807) is 14.2 Å². The van der Waals surface area contributed by atoms with Crippen LogP contribution in [0.5, 0.6) is 5.88 Å². The zero-order valence-corrected chi connectivity index (χ0v) is 20.7. The standard InChI is InChI=1S/C27H31F3N4O2/c1-4-22-32-26(36-3)24-21(15-12-18-10-13-20(14-11-18)27(28,29)30)33(16-17-34(22)24)23(25(35)31-2)19-8-6-5-7-9-19/h5-11,13-14,21,23H,4,12,15-17H2,1-3H3,(H,31,35)/t21?,23-/m1/s1. The molecule has 1 aromatic heterocycles. The molecule has 0 fully saturated rings. The second kappa shape index (κ2) is 10.7. The number of likely N-dealkylation sites (N-methyl/N-ethyl adjacent to an activating group) is 1. The summed E-state index contributed by atoms with van der Waals surface area (Å²) in [5.74, 6) is 1.32. The number of methoxy groups -OCH3 is 1. The number of aryl methyl sites for hydroxylation is 2. The first-order valence-corrected chi connectivity index (χ1v) is 12.1. The average Bonchev–Trinajstić information content (AvgIpc) is 3.26. The summed E-state index contributed by atoms with van der Waals surface area (Å²) in [6.07, 6.45) is -2.52. The van der Waals surface area contributed by atoms with Gasteiger partial charge in [0.15, 0.2) is 0 Å². The average molecular weight is 501 g/mol. The van der Waals surface area contributed by atoms with E-state index in [0.29, 0.717) is 31.8 Å². The van der Waals surface area contributed by atoms with Crippen LogP contribution in [0, 0.1) is 0 Å². The molecule has 2 heterocycles. The van der Waals surface area contributed by atoms with Gasteiger partial charge in [-0.3, -0.25) is 9.69 Å². The van der Waals surface area contributed by atoms with Gasteiger partial charge in [-0.15, -0.1) is 0 Å². The molecule has 0 aliphatic carbocycles. The number of fused-ring (bicyclic) bond motifs is 1. The molecule has 1 aliphatic rings. The smallest absolute Gasteiger partial charge is 0.416 e. The third-order valence-corrected chi connectivity index (χ3v) is 6.79. The number of carbonyl (C=O) groups excluding carboxylic acids is 1. The number of alkyl halides is 3. The summed E-state index contributed by atoms with van der Waals surface area (Å²) in [4.78, 5) is 20.0. The molecule has 1 unspecified atom stereocenters. The Morgan fingerprint density at radius 1 is 1.14 bits per heavy atom. The van der Waals surface area contributed by atoms with Crippen molar-refractivity contribution in [2.45, 2.75) is 51.0 Å². The van der Waals surface area contributed by atoms with E-state index in [1.165, 1.54) is 12.1 Å². The molecule has 1 amide bonds. The molecule has 0 bridgehead atoms. The predicted octanol–water partition coefficient (Wildman–Crippen LogP) is 4.95. The highest BCUT2D eigenvalue weighted by Crippen LogP contribution is 2.41. The maximum Gasteiger partial charge on any atom is 0.416 e. The van der Waals surface area contributed by atoms with Gasteiger partial charge < -0.3 is 14.6 Å². The summed E-state index contributed by atoms with van der Waals surface area (Å²) in [5, 5.41) is 2.80. The minimum Gasteiger partial charge on any atom is -0.480 e. The number of halogens is 3. The third-order valence-electron chi connectivity index (χ3n) is 6.79. The first kappa shape index (κ1) is 25.8. The van der Waals surface area contributed by atoms with Crippen molar-refractivity contribution in [3.63, 3.8) is 0 Å². The molecule has 6 nitrogen and oxygen atoms in total. The second-order valence-electron chi connectivity index (χ2n) is 8.84. The van der Waals surface area contributed by atoms with E-state index in [9.17, 15) is 18.0 Å². The molecule has 3 aromatic rings. The Hall–Kier alpha value is -3.33. The highest BCUT2D eigenvalue weighted by Gasteiger charge is 2.40. The molecular formula is C27H31F3N4O2. The van der Waals surface area contributed by atoms with Crippen molar-refractivity contribution in [2.24, 2.45) is 0 Å². The topological polar surface area (TPSA) is 59.4 Å². The maximum atomic E-state index is 13.2. The molecule has 4 rings (SSSR count). The molecule has 2 atom stereocenters. The van der Waals surface area contributed by atoms with Crippen molar-refractivity contribution in [3.8, 4) is 5.88 Å². The van der Waals surface area contributed by atoms with Crippen LogP contribution in [0.2, 0.25) is 0 Å². The van der Waals surface area contributed by atoms with E-state index in [4.69, 9.17) is 9.72 Å². The number of benzene rings is 2. The van der Waals surface area contributed by atoms with Gasteiger partial charge in [-0.2, -0.15) is 18.2 Å². The molecule has 0 saturated heterocycles. The van der Waals surface area contributed by atoms with Gasteiger partial charge in [-0.1, -0.05) is 49.4 Å². The van der Waals surface area contributed by atoms with Crippen molar-refractivity contribution < 1.29 is 22.7 Å². The normalized spacial score (nSPS) is 16.9. The number of ether oxygens (including phenoxy) is 1. The van der Waals surface area contributed by atoms with Gasteiger partial charge in [0.2, 0.25) is 11.8 Å². The molecule has 0 saturated carbocycles. The fraction of sp³-hybridized carbons (Fsp3) is 0.407. The van der Waals surface area contributed by atoms with Crippen LogP contribution in [0.15, 0.2) is 54.6 Å². The Bertz CT molecular complexity index is 1180. The van der Waals surface area contributed by atoms with E-state index in [0.717, 1.165) is 41.2 Å². The van der Waals surface area contributed by atoms with Gasteiger partial charge in [0.1, 0.15) is 11.9 Å². The monoisotopic (exact) mass is 500 g/mol. The number of rotatable bonds is 8. The van der Waals surface area contributed by atoms with E-state index < -0.39 is 17.8 Å². The molecule has 9 heteroatoms.